The predicted molar refractivity (Wildman–Crippen MR) is 123 cm³/mol. The smallest absolute Gasteiger partial charge is 0.268 e. The van der Waals surface area contributed by atoms with Crippen LogP contribution in [-0.4, -0.2) is 21.3 Å². The molecule has 0 saturated heterocycles. The Hall–Kier alpha value is -2.68. The lowest BCUT2D eigenvalue weighted by molar-refractivity contribution is 0.470. The van der Waals surface area contributed by atoms with Crippen molar-refractivity contribution in [3.05, 3.63) is 90.5 Å². The fraction of sp³-hybridized carbons (Fsp3) is 0.217. The van der Waals surface area contributed by atoms with E-state index in [0.717, 1.165) is 5.39 Å². The van der Waals surface area contributed by atoms with Gasteiger partial charge in [-0.15, -0.1) is 0 Å². The molecule has 0 aliphatic rings. The Kier molecular flexibility index (Phi) is 5.63. The second-order valence-electron chi connectivity index (χ2n) is 8.16. The van der Waals surface area contributed by atoms with E-state index in [1.165, 1.54) is 10.2 Å². The number of nitrogens with zero attached hydrogens (tertiary/aromatic N) is 1. The Morgan fingerprint density at radius 2 is 1.65 bits per heavy atom. The Labute approximate surface area is 184 Å². The average Bonchev–Trinajstić information content (AvgIpc) is 3.40. The van der Waals surface area contributed by atoms with Crippen LogP contribution < -0.4 is 4.72 Å². The zero-order valence-electron chi connectivity index (χ0n) is 17.5. The van der Waals surface area contributed by atoms with Gasteiger partial charge >= 0.3 is 0 Å². The Morgan fingerprint density at radius 1 is 0.968 bits per heavy atom. The van der Waals surface area contributed by atoms with Crippen molar-refractivity contribution in [2.45, 2.75) is 36.5 Å². The number of hydrogen-bond acceptors (Lipinski definition) is 4. The van der Waals surface area contributed by atoms with Gasteiger partial charge in [0.05, 0.1) is 38.1 Å². The maximum Gasteiger partial charge on any atom is 0.268 e. The van der Waals surface area contributed by atoms with Crippen LogP contribution >= 0.6 is 0 Å². The third-order valence-corrected chi connectivity index (χ3v) is 8.20. The van der Waals surface area contributed by atoms with Gasteiger partial charge in [-0.05, 0) is 57.2 Å². The van der Waals surface area contributed by atoms with Crippen LogP contribution in [0.25, 0.3) is 10.9 Å². The molecule has 4 aromatic rings. The van der Waals surface area contributed by atoms with E-state index in [1.807, 2.05) is 32.9 Å². The van der Waals surface area contributed by atoms with Gasteiger partial charge in [0.25, 0.3) is 10.0 Å². The number of nitrogens with one attached hydrogen (secondary N) is 1. The van der Waals surface area contributed by atoms with Gasteiger partial charge in [0.15, 0.2) is 0 Å². The number of furan rings is 1. The number of aromatic nitrogens is 1. The number of rotatable bonds is 6. The topological polar surface area (TPSA) is 81.3 Å². The average molecular weight is 457 g/mol. The lowest BCUT2D eigenvalue weighted by Crippen LogP contribution is -2.37. The molecule has 2 aromatic carbocycles. The van der Waals surface area contributed by atoms with Crippen molar-refractivity contribution in [3.63, 3.8) is 0 Å². The Bertz CT molecular complexity index is 1320. The van der Waals surface area contributed by atoms with Crippen molar-refractivity contribution in [2.24, 2.45) is 0 Å². The monoisotopic (exact) mass is 456 g/mol. The Balaban J connectivity index is 1.98. The summed E-state index contributed by atoms with van der Waals surface area (Å²) in [5, 5.41) is 0.761. The summed E-state index contributed by atoms with van der Waals surface area (Å²) in [5.41, 5.74) is 0.971. The van der Waals surface area contributed by atoms with E-state index in [0.29, 0.717) is 17.0 Å². The fourth-order valence-electron chi connectivity index (χ4n) is 3.32. The molecule has 2 aromatic heterocycles. The molecule has 0 bridgehead atoms. The number of para-hydroxylation sites is 1. The van der Waals surface area contributed by atoms with Crippen LogP contribution in [0.5, 0.6) is 0 Å². The highest BCUT2D eigenvalue weighted by Crippen LogP contribution is 2.33. The van der Waals surface area contributed by atoms with Crippen LogP contribution in [0.15, 0.2) is 88.4 Å². The summed E-state index contributed by atoms with van der Waals surface area (Å²) in [6.07, 6.45) is 1.52. The summed E-state index contributed by atoms with van der Waals surface area (Å²) in [6, 6.07) is 20.1. The van der Waals surface area contributed by atoms with Crippen molar-refractivity contribution in [3.8, 4) is 0 Å². The lowest BCUT2D eigenvalue weighted by atomic mass is 10.1. The molecule has 0 spiro atoms. The minimum absolute atomic E-state index is 0.174. The van der Waals surface area contributed by atoms with Crippen LogP contribution in [-0.2, 0) is 21.0 Å². The molecule has 0 amide bonds. The first-order chi connectivity index (χ1) is 14.7. The van der Waals surface area contributed by atoms with Crippen LogP contribution in [0, 0.1) is 0 Å². The first-order valence-electron chi connectivity index (χ1n) is 9.82. The summed E-state index contributed by atoms with van der Waals surface area (Å²) < 4.78 is 49.9. The molecule has 0 radical (unpaired) electrons. The van der Waals surface area contributed by atoms with E-state index in [9.17, 15) is 12.6 Å². The van der Waals surface area contributed by atoms with Gasteiger partial charge in [0.1, 0.15) is 11.8 Å². The van der Waals surface area contributed by atoms with E-state index < -0.39 is 31.8 Å². The molecule has 2 heterocycles. The second-order valence-corrected chi connectivity index (χ2v) is 11.9. The third-order valence-electron chi connectivity index (χ3n) is 4.88. The standard InChI is InChI=1S/C23H24N2O4S2/c1-23(2,3)30(26)24-22(21-14-9-15-29-21)20-16-17-10-7-8-13-19(17)25(20)31(27,28)18-11-5-4-6-12-18/h4-16,22,24H,1-3H3/t22-,30?/m1/s1. The summed E-state index contributed by atoms with van der Waals surface area (Å²) >= 11 is 0. The van der Waals surface area contributed by atoms with Crippen molar-refractivity contribution < 1.29 is 17.0 Å². The van der Waals surface area contributed by atoms with E-state index in [4.69, 9.17) is 4.42 Å². The highest BCUT2D eigenvalue weighted by atomic mass is 32.2. The van der Waals surface area contributed by atoms with Crippen molar-refractivity contribution in [1.29, 1.82) is 0 Å². The molecule has 4 rings (SSSR count). The summed E-state index contributed by atoms with van der Waals surface area (Å²) in [6.45, 7) is 5.56. The van der Waals surface area contributed by atoms with Gasteiger partial charge < -0.3 is 4.42 Å². The van der Waals surface area contributed by atoms with Crippen molar-refractivity contribution in [2.75, 3.05) is 0 Å². The van der Waals surface area contributed by atoms with Gasteiger partial charge in [-0.2, -0.15) is 0 Å². The van der Waals surface area contributed by atoms with Crippen molar-refractivity contribution >= 4 is 31.9 Å². The van der Waals surface area contributed by atoms with Crippen LogP contribution in [0.4, 0.5) is 0 Å². The van der Waals surface area contributed by atoms with E-state index in [1.54, 1.807) is 60.7 Å². The maximum absolute atomic E-state index is 13.7. The molecule has 2 atom stereocenters. The van der Waals surface area contributed by atoms with Gasteiger partial charge in [-0.25, -0.2) is 21.3 Å². The summed E-state index contributed by atoms with van der Waals surface area (Å²) in [7, 11) is -5.40. The molecule has 1 unspecified atom stereocenters. The summed E-state index contributed by atoms with van der Waals surface area (Å²) in [4.78, 5) is 0.174. The van der Waals surface area contributed by atoms with Crippen LogP contribution in [0.1, 0.15) is 38.3 Å². The summed E-state index contributed by atoms with van der Waals surface area (Å²) in [5.74, 6) is 0.477. The Morgan fingerprint density at radius 3 is 2.29 bits per heavy atom. The minimum atomic E-state index is -3.92. The van der Waals surface area contributed by atoms with Crippen LogP contribution in [0.3, 0.4) is 0 Å². The van der Waals surface area contributed by atoms with E-state index in [-0.39, 0.29) is 4.90 Å². The number of hydrogen-bond donors (Lipinski definition) is 1. The van der Waals surface area contributed by atoms with Crippen LogP contribution in [0.2, 0.25) is 0 Å². The quantitative estimate of drug-likeness (QED) is 0.459. The first-order valence-corrected chi connectivity index (χ1v) is 12.4. The zero-order chi connectivity index (χ0) is 22.2. The molecule has 31 heavy (non-hydrogen) atoms. The van der Waals surface area contributed by atoms with Gasteiger partial charge in [0, 0.05) is 5.39 Å². The normalized spacial score (nSPS) is 14.5. The minimum Gasteiger partial charge on any atom is -0.467 e. The second kappa shape index (κ2) is 8.11. The fourth-order valence-corrected chi connectivity index (χ4v) is 5.70. The van der Waals surface area contributed by atoms with Gasteiger partial charge in [-0.3, -0.25) is 0 Å². The van der Waals surface area contributed by atoms with Gasteiger partial charge in [0.2, 0.25) is 0 Å². The molecular weight excluding hydrogens is 432 g/mol. The molecule has 6 nitrogen and oxygen atoms in total. The van der Waals surface area contributed by atoms with E-state index in [2.05, 4.69) is 4.72 Å². The molecule has 0 aliphatic carbocycles. The predicted octanol–water partition coefficient (Wildman–Crippen LogP) is 4.61. The SMILES string of the molecule is CC(C)(C)S(=O)N[C@@H](c1ccco1)c1cc2ccccc2n1S(=O)(=O)c1ccccc1. The highest BCUT2D eigenvalue weighted by molar-refractivity contribution is 7.90. The molecule has 162 valence electrons. The molecule has 0 fully saturated rings. The zero-order valence-corrected chi connectivity index (χ0v) is 19.1. The maximum atomic E-state index is 13.7. The highest BCUT2D eigenvalue weighted by Gasteiger charge is 2.32. The largest absolute Gasteiger partial charge is 0.467 e. The first kappa shape index (κ1) is 21.5. The molecule has 8 heteroatoms. The number of benzene rings is 2. The lowest BCUT2D eigenvalue weighted by Gasteiger charge is -2.24. The molecular formula is C23H24N2O4S2. The van der Waals surface area contributed by atoms with Crippen molar-refractivity contribution in [1.82, 2.24) is 8.69 Å². The molecule has 0 saturated carbocycles. The molecule has 1 N–H and O–H groups in total. The van der Waals surface area contributed by atoms with Gasteiger partial charge in [-0.1, -0.05) is 36.4 Å². The van der Waals surface area contributed by atoms with E-state index >= 15 is 0 Å². The third kappa shape index (κ3) is 4.11. The number of fused-ring (bicyclic) bond motifs is 1. The molecule has 0 aliphatic heterocycles.